The highest BCUT2D eigenvalue weighted by atomic mass is 32.2. The van der Waals surface area contributed by atoms with E-state index in [2.05, 4.69) is 17.2 Å². The number of thioether (sulfide) groups is 1. The Morgan fingerprint density at radius 3 is 3.07 bits per heavy atom. The van der Waals surface area contributed by atoms with Gasteiger partial charge < -0.3 is 9.73 Å². The van der Waals surface area contributed by atoms with Crippen LogP contribution in [0.2, 0.25) is 0 Å². The maximum atomic E-state index is 5.47. The third kappa shape index (κ3) is 2.78. The molecule has 2 heterocycles. The number of rotatable bonds is 3. The molecule has 0 aliphatic carbocycles. The van der Waals surface area contributed by atoms with E-state index in [0.717, 1.165) is 29.8 Å². The Morgan fingerprint density at radius 1 is 1.60 bits per heavy atom. The second-order valence-electron chi connectivity index (χ2n) is 3.66. The first-order valence-electron chi connectivity index (χ1n) is 5.28. The normalized spacial score (nSPS) is 20.4. The Kier molecular flexibility index (Phi) is 3.36. The summed E-state index contributed by atoms with van der Waals surface area (Å²) >= 11 is 1.83. The zero-order chi connectivity index (χ0) is 10.7. The highest BCUT2D eigenvalue weighted by Crippen LogP contribution is 2.22. The van der Waals surface area contributed by atoms with Gasteiger partial charge in [-0.25, -0.2) is 0 Å². The molecule has 0 bridgehead atoms. The smallest absolute Gasteiger partial charge is 0.157 e. The van der Waals surface area contributed by atoms with Gasteiger partial charge in [0, 0.05) is 5.25 Å². The van der Waals surface area contributed by atoms with Gasteiger partial charge in [-0.15, -0.1) is 0 Å². The second kappa shape index (κ2) is 4.75. The molecule has 3 nitrogen and oxygen atoms in total. The predicted octanol–water partition coefficient (Wildman–Crippen LogP) is 2.56. The summed E-state index contributed by atoms with van der Waals surface area (Å²) < 4.78 is 5.47. The minimum atomic E-state index is 0.658. The standard InChI is InChI=1S/C11H16N2OS/c1-3-10-7-13-11(15-10)12-6-9-5-4-8(2)14-9/h4-5,10H,3,6-7H2,1-2H3,(H,12,13). The van der Waals surface area contributed by atoms with Crippen LogP contribution in [0.1, 0.15) is 24.9 Å². The summed E-state index contributed by atoms with van der Waals surface area (Å²) in [6.07, 6.45) is 1.18. The molecule has 1 atom stereocenters. The molecule has 0 radical (unpaired) electrons. The summed E-state index contributed by atoms with van der Waals surface area (Å²) in [5.74, 6) is 1.93. The number of amidine groups is 1. The molecule has 0 fully saturated rings. The molecule has 1 aromatic heterocycles. The number of furan rings is 1. The molecule has 15 heavy (non-hydrogen) atoms. The van der Waals surface area contributed by atoms with Crippen molar-refractivity contribution in [2.75, 3.05) is 6.54 Å². The lowest BCUT2D eigenvalue weighted by Gasteiger charge is -2.05. The summed E-state index contributed by atoms with van der Waals surface area (Å²) in [6, 6.07) is 3.98. The van der Waals surface area contributed by atoms with Crippen LogP contribution in [0.5, 0.6) is 0 Å². The maximum Gasteiger partial charge on any atom is 0.157 e. The molecule has 1 unspecified atom stereocenters. The van der Waals surface area contributed by atoms with Crippen LogP contribution in [-0.2, 0) is 6.54 Å². The first-order valence-corrected chi connectivity index (χ1v) is 6.16. The van der Waals surface area contributed by atoms with Gasteiger partial charge >= 0.3 is 0 Å². The Hall–Kier alpha value is -0.900. The molecule has 0 spiro atoms. The van der Waals surface area contributed by atoms with Crippen LogP contribution in [0, 0.1) is 6.92 Å². The van der Waals surface area contributed by atoms with Crippen LogP contribution < -0.4 is 5.32 Å². The van der Waals surface area contributed by atoms with E-state index in [1.54, 1.807) is 0 Å². The maximum absolute atomic E-state index is 5.47. The van der Waals surface area contributed by atoms with Gasteiger partial charge in [-0.2, -0.15) is 0 Å². The largest absolute Gasteiger partial charge is 0.465 e. The number of nitrogens with zero attached hydrogens (tertiary/aromatic N) is 1. The fraction of sp³-hybridized carbons (Fsp3) is 0.545. The fourth-order valence-corrected chi connectivity index (χ4v) is 2.41. The molecular formula is C11H16N2OS. The fourth-order valence-electron chi connectivity index (χ4n) is 1.47. The first-order chi connectivity index (χ1) is 7.28. The van der Waals surface area contributed by atoms with Gasteiger partial charge in [-0.1, -0.05) is 18.7 Å². The molecule has 1 N–H and O–H groups in total. The molecule has 0 amide bonds. The summed E-state index contributed by atoms with van der Waals surface area (Å²) in [7, 11) is 0. The van der Waals surface area contributed by atoms with Crippen molar-refractivity contribution in [2.45, 2.75) is 32.1 Å². The first kappa shape index (κ1) is 10.6. The minimum absolute atomic E-state index is 0.658. The van der Waals surface area contributed by atoms with E-state index in [1.807, 2.05) is 30.8 Å². The molecule has 0 saturated carbocycles. The predicted molar refractivity (Wildman–Crippen MR) is 64.3 cm³/mol. The molecule has 1 aromatic rings. The molecule has 2 rings (SSSR count). The molecule has 1 aliphatic heterocycles. The zero-order valence-electron chi connectivity index (χ0n) is 9.12. The van der Waals surface area contributed by atoms with Crippen LogP contribution in [0.4, 0.5) is 0 Å². The molecule has 0 aromatic carbocycles. The van der Waals surface area contributed by atoms with E-state index in [0.29, 0.717) is 5.25 Å². The average molecular weight is 224 g/mol. The van der Waals surface area contributed by atoms with Gasteiger partial charge in [-0.05, 0) is 25.5 Å². The summed E-state index contributed by atoms with van der Waals surface area (Å²) in [5, 5.41) is 5.00. The van der Waals surface area contributed by atoms with Crippen molar-refractivity contribution in [3.8, 4) is 0 Å². The van der Waals surface area contributed by atoms with Gasteiger partial charge in [-0.3, -0.25) is 4.99 Å². The average Bonchev–Trinajstić information content (AvgIpc) is 2.83. The Bertz CT molecular complexity index is 359. The number of nitrogens with one attached hydrogen (secondary N) is 1. The highest BCUT2D eigenvalue weighted by Gasteiger charge is 2.17. The van der Waals surface area contributed by atoms with Crippen LogP contribution in [0.25, 0.3) is 0 Å². The van der Waals surface area contributed by atoms with Crippen LogP contribution >= 0.6 is 11.8 Å². The molecule has 82 valence electrons. The number of aliphatic imine (C=N–C) groups is 1. The van der Waals surface area contributed by atoms with E-state index in [-0.39, 0.29) is 0 Å². The van der Waals surface area contributed by atoms with Crippen molar-refractivity contribution in [3.63, 3.8) is 0 Å². The minimum Gasteiger partial charge on any atom is -0.465 e. The van der Waals surface area contributed by atoms with E-state index in [1.165, 1.54) is 6.42 Å². The van der Waals surface area contributed by atoms with Gasteiger partial charge in [0.05, 0.1) is 13.1 Å². The zero-order valence-corrected chi connectivity index (χ0v) is 9.93. The van der Waals surface area contributed by atoms with Crippen molar-refractivity contribution in [3.05, 3.63) is 23.7 Å². The molecule has 0 saturated heterocycles. The van der Waals surface area contributed by atoms with Crippen molar-refractivity contribution in [1.29, 1.82) is 0 Å². The van der Waals surface area contributed by atoms with Crippen LogP contribution in [0.15, 0.2) is 21.5 Å². The van der Waals surface area contributed by atoms with Gasteiger partial charge in [0.15, 0.2) is 5.17 Å². The Balaban J connectivity index is 1.80. The second-order valence-corrected chi connectivity index (χ2v) is 4.95. The van der Waals surface area contributed by atoms with Crippen molar-refractivity contribution in [2.24, 2.45) is 4.99 Å². The Labute approximate surface area is 94.3 Å². The lowest BCUT2D eigenvalue weighted by molar-refractivity contribution is 0.478. The van der Waals surface area contributed by atoms with Crippen molar-refractivity contribution in [1.82, 2.24) is 5.32 Å². The van der Waals surface area contributed by atoms with E-state index >= 15 is 0 Å². The van der Waals surface area contributed by atoms with Gasteiger partial charge in [0.1, 0.15) is 11.5 Å². The number of aryl methyl sites for hydroxylation is 1. The van der Waals surface area contributed by atoms with E-state index < -0.39 is 0 Å². The quantitative estimate of drug-likeness (QED) is 0.857. The van der Waals surface area contributed by atoms with Crippen LogP contribution in [0.3, 0.4) is 0 Å². The van der Waals surface area contributed by atoms with Crippen molar-refractivity contribution >= 4 is 16.9 Å². The topological polar surface area (TPSA) is 37.5 Å². The van der Waals surface area contributed by atoms with E-state index in [4.69, 9.17) is 4.42 Å². The van der Waals surface area contributed by atoms with Crippen molar-refractivity contribution < 1.29 is 4.42 Å². The highest BCUT2D eigenvalue weighted by molar-refractivity contribution is 8.14. The monoisotopic (exact) mass is 224 g/mol. The van der Waals surface area contributed by atoms with Gasteiger partial charge in [0.2, 0.25) is 0 Å². The number of hydrogen-bond donors (Lipinski definition) is 1. The third-order valence-electron chi connectivity index (χ3n) is 2.38. The molecule has 4 heteroatoms. The van der Waals surface area contributed by atoms with E-state index in [9.17, 15) is 0 Å². The summed E-state index contributed by atoms with van der Waals surface area (Å²) in [5.41, 5.74) is 0. The van der Waals surface area contributed by atoms with Gasteiger partial charge in [0.25, 0.3) is 0 Å². The molecular weight excluding hydrogens is 208 g/mol. The lowest BCUT2D eigenvalue weighted by atomic mass is 10.3. The summed E-state index contributed by atoms with van der Waals surface area (Å²) in [4.78, 5) is 4.44. The SMILES string of the molecule is CCC1CN=C(NCc2ccc(C)o2)S1. The van der Waals surface area contributed by atoms with Crippen LogP contribution in [-0.4, -0.2) is 17.0 Å². The Morgan fingerprint density at radius 2 is 2.47 bits per heavy atom. The summed E-state index contributed by atoms with van der Waals surface area (Å²) in [6.45, 7) is 5.83. The third-order valence-corrected chi connectivity index (χ3v) is 3.69. The number of hydrogen-bond acceptors (Lipinski definition) is 4. The lowest BCUT2D eigenvalue weighted by Crippen LogP contribution is -2.18. The molecule has 1 aliphatic rings.